The first-order valence-electron chi connectivity index (χ1n) is 14.0. The number of hydrogen-bond acceptors (Lipinski definition) is 2. The van der Waals surface area contributed by atoms with E-state index in [2.05, 4.69) is 122 Å². The molecule has 3 aromatic heterocycles. The maximum atomic E-state index is 6.26. The molecule has 9 aromatic rings. The quantitative estimate of drug-likeness (QED) is 0.212. The maximum absolute atomic E-state index is 6.26. The van der Waals surface area contributed by atoms with Gasteiger partial charge in [-0.15, -0.1) is 11.3 Å². The van der Waals surface area contributed by atoms with Gasteiger partial charge in [0.2, 0.25) is 0 Å². The van der Waals surface area contributed by atoms with Crippen LogP contribution in [0.25, 0.3) is 80.7 Å². The fourth-order valence-electron chi connectivity index (χ4n) is 6.65. The van der Waals surface area contributed by atoms with Crippen LogP contribution >= 0.6 is 11.3 Å². The van der Waals surface area contributed by atoms with Crippen molar-refractivity contribution in [3.63, 3.8) is 0 Å². The second-order valence-corrected chi connectivity index (χ2v) is 12.2. The summed E-state index contributed by atoms with van der Waals surface area (Å²) >= 11 is 1.88. The van der Waals surface area contributed by atoms with Crippen LogP contribution in [0, 0.1) is 13.8 Å². The Balaban J connectivity index is 1.33. The average molecular weight is 544 g/mol. The minimum atomic E-state index is 0.928. The lowest BCUT2D eigenvalue weighted by Gasteiger charge is -2.10. The number of aromatic nitrogens is 1. The molecule has 41 heavy (non-hydrogen) atoms. The number of nitrogens with zero attached hydrogens (tertiary/aromatic N) is 1. The molecule has 9 rings (SSSR count). The highest BCUT2D eigenvalue weighted by Gasteiger charge is 2.19. The fourth-order valence-corrected chi connectivity index (χ4v) is 7.89. The van der Waals surface area contributed by atoms with Crippen molar-refractivity contribution < 1.29 is 4.42 Å². The summed E-state index contributed by atoms with van der Waals surface area (Å²) in [6, 6.07) is 42.0. The topological polar surface area (TPSA) is 18.1 Å². The monoisotopic (exact) mass is 543 g/mol. The molecule has 0 atom stereocenters. The van der Waals surface area contributed by atoms with E-state index in [1.165, 1.54) is 69.9 Å². The van der Waals surface area contributed by atoms with Crippen LogP contribution in [0.15, 0.2) is 120 Å². The van der Waals surface area contributed by atoms with Gasteiger partial charge >= 0.3 is 0 Å². The summed E-state index contributed by atoms with van der Waals surface area (Å²) in [4.78, 5) is 0. The molecule has 0 spiro atoms. The first-order chi connectivity index (χ1) is 20.1. The van der Waals surface area contributed by atoms with Crippen molar-refractivity contribution in [1.82, 2.24) is 4.57 Å². The summed E-state index contributed by atoms with van der Waals surface area (Å²) in [5.74, 6) is 0. The molecular formula is C38H25NOS. The molecule has 0 saturated carbocycles. The minimum absolute atomic E-state index is 0.928. The van der Waals surface area contributed by atoms with Gasteiger partial charge in [-0.2, -0.15) is 0 Å². The lowest BCUT2D eigenvalue weighted by Crippen LogP contribution is -1.94. The van der Waals surface area contributed by atoms with Crippen LogP contribution in [0.1, 0.15) is 11.1 Å². The summed E-state index contributed by atoms with van der Waals surface area (Å²) < 4.78 is 11.3. The highest BCUT2D eigenvalue weighted by Crippen LogP contribution is 2.45. The lowest BCUT2D eigenvalue weighted by atomic mass is 9.98. The van der Waals surface area contributed by atoms with Gasteiger partial charge in [-0.25, -0.2) is 0 Å². The Labute approximate surface area is 240 Å². The number of benzene rings is 6. The number of rotatable bonds is 2. The summed E-state index contributed by atoms with van der Waals surface area (Å²) in [6.45, 7) is 4.35. The largest absolute Gasteiger partial charge is 0.456 e. The van der Waals surface area contributed by atoms with Crippen LogP contribution in [0.4, 0.5) is 0 Å². The number of hydrogen-bond donors (Lipinski definition) is 0. The van der Waals surface area contributed by atoms with E-state index in [1.807, 2.05) is 23.5 Å². The Hall–Kier alpha value is -4.86. The summed E-state index contributed by atoms with van der Waals surface area (Å²) in [5, 5.41) is 7.53. The van der Waals surface area contributed by atoms with E-state index in [0.29, 0.717) is 0 Å². The summed E-state index contributed by atoms with van der Waals surface area (Å²) in [7, 11) is 0. The molecule has 0 saturated heterocycles. The van der Waals surface area contributed by atoms with Crippen LogP contribution in [0.3, 0.4) is 0 Å². The zero-order valence-corrected chi connectivity index (χ0v) is 23.5. The lowest BCUT2D eigenvalue weighted by molar-refractivity contribution is 0.669. The van der Waals surface area contributed by atoms with E-state index in [-0.39, 0.29) is 0 Å². The molecule has 3 heteroatoms. The second-order valence-electron chi connectivity index (χ2n) is 11.1. The molecule has 0 aliphatic heterocycles. The zero-order chi connectivity index (χ0) is 27.2. The van der Waals surface area contributed by atoms with Crippen LogP contribution in [0.2, 0.25) is 0 Å². The van der Waals surface area contributed by atoms with Crippen molar-refractivity contribution in [3.05, 3.63) is 126 Å². The average Bonchev–Trinajstić information content (AvgIpc) is 3.66. The molecular weight excluding hydrogens is 518 g/mol. The van der Waals surface area contributed by atoms with Gasteiger partial charge in [0.05, 0.1) is 21.4 Å². The van der Waals surface area contributed by atoms with Gasteiger partial charge in [-0.1, -0.05) is 71.8 Å². The third-order valence-corrected chi connectivity index (χ3v) is 9.70. The minimum Gasteiger partial charge on any atom is -0.456 e. The first-order valence-corrected chi connectivity index (χ1v) is 14.8. The van der Waals surface area contributed by atoms with E-state index in [0.717, 1.165) is 21.9 Å². The Kier molecular flexibility index (Phi) is 4.65. The van der Waals surface area contributed by atoms with E-state index in [1.54, 1.807) is 0 Å². The van der Waals surface area contributed by atoms with Crippen molar-refractivity contribution in [1.29, 1.82) is 0 Å². The predicted molar refractivity (Wildman–Crippen MR) is 176 cm³/mol. The Morgan fingerprint density at radius 3 is 2.07 bits per heavy atom. The number of aryl methyl sites for hydroxylation is 2. The molecule has 194 valence electrons. The number of thiophene rings is 1. The molecule has 0 bridgehead atoms. The molecule has 0 N–H and O–H groups in total. The van der Waals surface area contributed by atoms with Crippen molar-refractivity contribution in [2.75, 3.05) is 0 Å². The van der Waals surface area contributed by atoms with E-state index in [4.69, 9.17) is 4.42 Å². The second kappa shape index (κ2) is 8.33. The zero-order valence-electron chi connectivity index (χ0n) is 22.7. The Bertz CT molecular complexity index is 2450. The Morgan fingerprint density at radius 1 is 0.561 bits per heavy atom. The highest BCUT2D eigenvalue weighted by molar-refractivity contribution is 7.26. The summed E-state index contributed by atoms with van der Waals surface area (Å²) in [5.41, 5.74) is 10.6. The van der Waals surface area contributed by atoms with Crippen LogP contribution < -0.4 is 0 Å². The molecule has 0 radical (unpaired) electrons. The van der Waals surface area contributed by atoms with Gasteiger partial charge in [0.1, 0.15) is 11.2 Å². The normalized spacial score (nSPS) is 12.1. The van der Waals surface area contributed by atoms with E-state index >= 15 is 0 Å². The van der Waals surface area contributed by atoms with Gasteiger partial charge in [0.15, 0.2) is 0 Å². The molecule has 2 nitrogen and oxygen atoms in total. The first kappa shape index (κ1) is 22.9. The molecule has 6 aromatic carbocycles. The number of fused-ring (bicyclic) bond motifs is 9. The highest BCUT2D eigenvalue weighted by atomic mass is 32.1. The third kappa shape index (κ3) is 3.24. The van der Waals surface area contributed by atoms with Crippen LogP contribution in [-0.4, -0.2) is 4.57 Å². The number of furan rings is 1. The molecule has 3 heterocycles. The smallest absolute Gasteiger partial charge is 0.136 e. The van der Waals surface area contributed by atoms with Gasteiger partial charge in [-0.05, 0) is 79.6 Å². The molecule has 0 aliphatic carbocycles. The molecule has 0 unspecified atom stereocenters. The Morgan fingerprint density at radius 2 is 1.27 bits per heavy atom. The van der Waals surface area contributed by atoms with Gasteiger partial charge in [-0.3, -0.25) is 0 Å². The van der Waals surface area contributed by atoms with Gasteiger partial charge < -0.3 is 8.98 Å². The van der Waals surface area contributed by atoms with Crippen LogP contribution in [0.5, 0.6) is 0 Å². The van der Waals surface area contributed by atoms with Gasteiger partial charge in [0, 0.05) is 37.0 Å². The van der Waals surface area contributed by atoms with E-state index < -0.39 is 0 Å². The third-order valence-electron chi connectivity index (χ3n) is 8.51. The maximum Gasteiger partial charge on any atom is 0.136 e. The predicted octanol–water partition coefficient (Wildman–Crippen LogP) is 11.3. The van der Waals surface area contributed by atoms with Crippen molar-refractivity contribution in [3.8, 4) is 16.8 Å². The SMILES string of the molecule is Cc1ccc2c(c1)c1cc(C)ccc1n2-c1cccc2c1sc1cccc(-c3ccc4c(c3)oc3ccccc34)c12. The van der Waals surface area contributed by atoms with Crippen molar-refractivity contribution >= 4 is 75.3 Å². The standard InChI is InChI=1S/C38H25NOS/c1-22-13-17-31-29(19-22)30-20-23(2)14-18-32(30)39(31)33-10-5-9-28-37-25(8-6-12-36(37)41-38(28)33)24-15-16-27-26-7-3-4-11-34(26)40-35(27)21-24/h3-21H,1-2H3. The molecule has 0 amide bonds. The van der Waals surface area contributed by atoms with Crippen molar-refractivity contribution in [2.24, 2.45) is 0 Å². The fraction of sp³-hybridized carbons (Fsp3) is 0.0526. The van der Waals surface area contributed by atoms with E-state index in [9.17, 15) is 0 Å². The summed E-state index contributed by atoms with van der Waals surface area (Å²) in [6.07, 6.45) is 0. The number of para-hydroxylation sites is 1. The van der Waals surface area contributed by atoms with Gasteiger partial charge in [0.25, 0.3) is 0 Å². The van der Waals surface area contributed by atoms with Crippen LogP contribution in [-0.2, 0) is 0 Å². The molecule has 0 aliphatic rings. The van der Waals surface area contributed by atoms with Crippen molar-refractivity contribution in [2.45, 2.75) is 13.8 Å². The molecule has 0 fully saturated rings.